The van der Waals surface area contributed by atoms with Crippen molar-refractivity contribution in [1.82, 2.24) is 0 Å². The van der Waals surface area contributed by atoms with Gasteiger partial charge >= 0.3 is 0 Å². The normalized spacial score (nSPS) is 14.5. The second kappa shape index (κ2) is 4.09. The first kappa shape index (κ1) is 9.21. The van der Waals surface area contributed by atoms with Crippen LogP contribution < -0.4 is 5.73 Å². The zero-order valence-corrected chi connectivity index (χ0v) is 7.18. The minimum Gasteiger partial charge on any atom is -0.402 e. The summed E-state index contributed by atoms with van der Waals surface area (Å²) in [6.45, 7) is 6.11. The van der Waals surface area contributed by atoms with Crippen LogP contribution in [0.3, 0.4) is 0 Å². The Hall–Kier alpha value is -0.790. The molecular weight excluding hydrogens is 124 g/mol. The summed E-state index contributed by atoms with van der Waals surface area (Å²) in [5, 5.41) is 0. The van der Waals surface area contributed by atoms with Crippen LogP contribution in [0.15, 0.2) is 16.3 Å². The van der Waals surface area contributed by atoms with Gasteiger partial charge in [0.2, 0.25) is 0 Å². The quantitative estimate of drug-likeness (QED) is 0.581. The number of hydrogen-bond acceptors (Lipinski definition) is 2. The van der Waals surface area contributed by atoms with E-state index in [-0.39, 0.29) is 0 Å². The third kappa shape index (κ3) is 2.67. The highest BCUT2D eigenvalue weighted by Crippen LogP contribution is 2.08. The molecule has 0 heterocycles. The summed E-state index contributed by atoms with van der Waals surface area (Å²) in [6, 6.07) is 0. The molecule has 0 atom stereocenters. The van der Waals surface area contributed by atoms with E-state index in [2.05, 4.69) is 18.8 Å². The Morgan fingerprint density at radius 1 is 1.50 bits per heavy atom. The lowest BCUT2D eigenvalue weighted by molar-refractivity contribution is 0.792. The van der Waals surface area contributed by atoms with Gasteiger partial charge in [-0.05, 0) is 18.4 Å². The predicted octanol–water partition coefficient (Wildman–Crippen LogP) is 1.58. The van der Waals surface area contributed by atoms with Gasteiger partial charge in [-0.2, -0.15) is 0 Å². The Kier molecular flexibility index (Phi) is 3.77. The van der Waals surface area contributed by atoms with Gasteiger partial charge in [-0.15, -0.1) is 0 Å². The molecule has 0 aliphatic carbocycles. The first-order valence-corrected chi connectivity index (χ1v) is 3.48. The van der Waals surface area contributed by atoms with Crippen molar-refractivity contribution in [2.45, 2.75) is 20.8 Å². The van der Waals surface area contributed by atoms with Gasteiger partial charge in [0.05, 0.1) is 0 Å². The van der Waals surface area contributed by atoms with Gasteiger partial charge in [-0.1, -0.05) is 13.8 Å². The minimum absolute atomic E-state index is 0.466. The number of nitrogens with zero attached hydrogens (tertiary/aromatic N) is 1. The molecule has 0 aromatic carbocycles. The van der Waals surface area contributed by atoms with Gasteiger partial charge in [0, 0.05) is 19.0 Å². The molecule has 0 amide bonds. The Labute approximate surface area is 62.8 Å². The maximum Gasteiger partial charge on any atom is 0.0277 e. The molecule has 0 spiro atoms. The highest BCUT2D eigenvalue weighted by molar-refractivity contribution is 5.79. The molecule has 0 fully saturated rings. The standard InChI is InChI=1S/C8H16N2/c1-6(2)8(5-10-4)7(3)9/h5-6H,9H2,1-4H3. The fourth-order valence-electron chi connectivity index (χ4n) is 0.845. The first-order chi connectivity index (χ1) is 4.59. The van der Waals surface area contributed by atoms with Gasteiger partial charge in [-0.3, -0.25) is 4.99 Å². The molecular formula is C8H16N2. The molecule has 0 unspecified atom stereocenters. The minimum atomic E-state index is 0.466. The number of rotatable bonds is 2. The van der Waals surface area contributed by atoms with Crippen LogP contribution in [0, 0.1) is 5.92 Å². The van der Waals surface area contributed by atoms with Crippen molar-refractivity contribution in [3.05, 3.63) is 11.3 Å². The smallest absolute Gasteiger partial charge is 0.0277 e. The molecule has 58 valence electrons. The summed E-state index contributed by atoms with van der Waals surface area (Å²) >= 11 is 0. The van der Waals surface area contributed by atoms with Gasteiger partial charge < -0.3 is 5.73 Å². The van der Waals surface area contributed by atoms with Gasteiger partial charge in [0.1, 0.15) is 0 Å². The summed E-state index contributed by atoms with van der Waals surface area (Å²) < 4.78 is 0. The molecule has 0 saturated heterocycles. The van der Waals surface area contributed by atoms with Crippen LogP contribution >= 0.6 is 0 Å². The molecule has 2 heteroatoms. The fourth-order valence-corrected chi connectivity index (χ4v) is 0.845. The molecule has 0 rings (SSSR count). The lowest BCUT2D eigenvalue weighted by Crippen LogP contribution is -2.05. The zero-order chi connectivity index (χ0) is 8.15. The second-order valence-corrected chi connectivity index (χ2v) is 2.68. The zero-order valence-electron chi connectivity index (χ0n) is 7.18. The third-order valence-electron chi connectivity index (χ3n) is 1.35. The van der Waals surface area contributed by atoms with Crippen LogP contribution in [0.1, 0.15) is 20.8 Å². The molecule has 0 aliphatic heterocycles. The maximum absolute atomic E-state index is 5.61. The van der Waals surface area contributed by atoms with Crippen LogP contribution in [-0.2, 0) is 0 Å². The Balaban J connectivity index is 4.44. The van der Waals surface area contributed by atoms with Gasteiger partial charge in [-0.25, -0.2) is 0 Å². The molecule has 0 aromatic rings. The van der Waals surface area contributed by atoms with E-state index < -0.39 is 0 Å². The van der Waals surface area contributed by atoms with E-state index in [9.17, 15) is 0 Å². The maximum atomic E-state index is 5.61. The van der Waals surface area contributed by atoms with Crippen molar-refractivity contribution in [1.29, 1.82) is 0 Å². The average molecular weight is 140 g/mol. The molecule has 0 aromatic heterocycles. The average Bonchev–Trinajstić information content (AvgIpc) is 1.81. The van der Waals surface area contributed by atoms with E-state index in [0.29, 0.717) is 5.92 Å². The van der Waals surface area contributed by atoms with Crippen LogP contribution in [0.4, 0.5) is 0 Å². The Morgan fingerprint density at radius 2 is 2.00 bits per heavy atom. The fraction of sp³-hybridized carbons (Fsp3) is 0.625. The lowest BCUT2D eigenvalue weighted by atomic mass is 10.0. The van der Waals surface area contributed by atoms with E-state index in [0.717, 1.165) is 11.3 Å². The number of allylic oxidation sites excluding steroid dienone is 2. The van der Waals surface area contributed by atoms with E-state index in [1.807, 2.05) is 13.1 Å². The number of aliphatic imine (C=N–C) groups is 1. The molecule has 2 N–H and O–H groups in total. The molecule has 2 nitrogen and oxygen atoms in total. The summed E-state index contributed by atoms with van der Waals surface area (Å²) in [4.78, 5) is 3.92. The largest absolute Gasteiger partial charge is 0.402 e. The highest BCUT2D eigenvalue weighted by atomic mass is 14.7. The van der Waals surface area contributed by atoms with E-state index in [1.165, 1.54) is 0 Å². The van der Waals surface area contributed by atoms with Crippen molar-refractivity contribution in [3.63, 3.8) is 0 Å². The summed E-state index contributed by atoms with van der Waals surface area (Å²) in [5.41, 5.74) is 7.60. The van der Waals surface area contributed by atoms with Crippen LogP contribution in [-0.4, -0.2) is 13.3 Å². The topological polar surface area (TPSA) is 38.4 Å². The molecule has 0 bridgehead atoms. The van der Waals surface area contributed by atoms with Crippen molar-refractivity contribution >= 4 is 6.21 Å². The third-order valence-corrected chi connectivity index (χ3v) is 1.35. The van der Waals surface area contributed by atoms with Gasteiger partial charge in [0.25, 0.3) is 0 Å². The van der Waals surface area contributed by atoms with Crippen LogP contribution in [0.5, 0.6) is 0 Å². The lowest BCUT2D eigenvalue weighted by Gasteiger charge is -2.06. The number of nitrogens with two attached hydrogens (primary N) is 1. The number of hydrogen-bond donors (Lipinski definition) is 1. The Bertz CT molecular complexity index is 151. The van der Waals surface area contributed by atoms with Crippen LogP contribution in [0.2, 0.25) is 0 Å². The van der Waals surface area contributed by atoms with Crippen molar-refractivity contribution in [2.24, 2.45) is 16.6 Å². The summed E-state index contributed by atoms with van der Waals surface area (Å²) in [6.07, 6.45) is 1.82. The second-order valence-electron chi connectivity index (χ2n) is 2.68. The molecule has 0 radical (unpaired) electrons. The molecule has 0 saturated carbocycles. The Morgan fingerprint density at radius 3 is 2.10 bits per heavy atom. The van der Waals surface area contributed by atoms with Crippen molar-refractivity contribution in [3.8, 4) is 0 Å². The van der Waals surface area contributed by atoms with E-state index >= 15 is 0 Å². The molecule has 0 aliphatic rings. The highest BCUT2D eigenvalue weighted by Gasteiger charge is 2.00. The van der Waals surface area contributed by atoms with Gasteiger partial charge in [0.15, 0.2) is 0 Å². The summed E-state index contributed by atoms with van der Waals surface area (Å²) in [7, 11) is 1.76. The van der Waals surface area contributed by atoms with Crippen LogP contribution in [0.25, 0.3) is 0 Å². The van der Waals surface area contributed by atoms with Crippen molar-refractivity contribution in [2.75, 3.05) is 7.05 Å². The van der Waals surface area contributed by atoms with E-state index in [4.69, 9.17) is 5.73 Å². The SMILES string of the molecule is CN=CC(=C(C)N)C(C)C. The van der Waals surface area contributed by atoms with E-state index in [1.54, 1.807) is 7.05 Å². The monoisotopic (exact) mass is 140 g/mol. The van der Waals surface area contributed by atoms with Crippen molar-refractivity contribution < 1.29 is 0 Å². The first-order valence-electron chi connectivity index (χ1n) is 3.48. The summed E-state index contributed by atoms with van der Waals surface area (Å²) in [5.74, 6) is 0.466. The molecule has 10 heavy (non-hydrogen) atoms. The predicted molar refractivity (Wildman–Crippen MR) is 46.1 cm³/mol.